The number of hydrogen-bond acceptors (Lipinski definition) is 4. The van der Waals surface area contributed by atoms with E-state index in [1.165, 1.54) is 37.8 Å². The molecule has 2 rings (SSSR count). The number of rotatable bonds is 9. The van der Waals surface area contributed by atoms with Crippen LogP contribution in [-0.2, 0) is 4.79 Å². The van der Waals surface area contributed by atoms with Crippen LogP contribution in [0, 0.1) is 5.82 Å². The molecule has 1 saturated carbocycles. The van der Waals surface area contributed by atoms with Gasteiger partial charge in [-0.05, 0) is 64.2 Å². The number of benzene rings is 1. The molecule has 1 fully saturated rings. The lowest BCUT2D eigenvalue weighted by atomic mass is 10.00. The lowest BCUT2D eigenvalue weighted by molar-refractivity contribution is -0.127. The summed E-state index contributed by atoms with van der Waals surface area (Å²) >= 11 is 3.65. The first-order chi connectivity index (χ1) is 12.5. The first-order valence-electron chi connectivity index (χ1n) is 9.38. The van der Waals surface area contributed by atoms with Gasteiger partial charge in [-0.3, -0.25) is 4.79 Å². The minimum Gasteiger partial charge on any atom is -0.345 e. The molecule has 0 spiro atoms. The van der Waals surface area contributed by atoms with E-state index in [4.69, 9.17) is 0 Å². The Labute approximate surface area is 166 Å². The van der Waals surface area contributed by atoms with E-state index in [0.717, 1.165) is 24.4 Å². The molecule has 0 unspecified atom stereocenters. The Balaban J connectivity index is 1.79. The van der Waals surface area contributed by atoms with Gasteiger partial charge in [0.25, 0.3) is 0 Å². The van der Waals surface area contributed by atoms with Gasteiger partial charge < -0.3 is 9.80 Å². The second-order valence-electron chi connectivity index (χ2n) is 7.22. The molecule has 0 heterocycles. The highest BCUT2D eigenvalue weighted by Crippen LogP contribution is 2.39. The largest absolute Gasteiger partial charge is 0.345 e. The maximum Gasteiger partial charge on any atom is 0.232 e. The number of thioether (sulfide) groups is 2. The molecule has 0 aliphatic heterocycles. The van der Waals surface area contributed by atoms with Crippen molar-refractivity contribution in [2.24, 2.45) is 0 Å². The number of amides is 1. The zero-order chi connectivity index (χ0) is 18.9. The maximum atomic E-state index is 13.1. The van der Waals surface area contributed by atoms with E-state index in [2.05, 4.69) is 19.0 Å². The van der Waals surface area contributed by atoms with E-state index < -0.39 is 0 Å². The van der Waals surface area contributed by atoms with Crippen molar-refractivity contribution >= 4 is 29.4 Å². The zero-order valence-corrected chi connectivity index (χ0v) is 17.8. The van der Waals surface area contributed by atoms with Crippen molar-refractivity contribution in [3.05, 3.63) is 30.1 Å². The van der Waals surface area contributed by atoms with Crippen LogP contribution in [0.1, 0.15) is 32.1 Å². The van der Waals surface area contributed by atoms with E-state index >= 15 is 0 Å². The van der Waals surface area contributed by atoms with Crippen LogP contribution in [0.15, 0.2) is 29.2 Å². The number of hydrogen-bond donors (Lipinski definition) is 0. The zero-order valence-electron chi connectivity index (χ0n) is 16.1. The van der Waals surface area contributed by atoms with Crippen LogP contribution in [0.4, 0.5) is 4.39 Å². The molecule has 26 heavy (non-hydrogen) atoms. The highest BCUT2D eigenvalue weighted by molar-refractivity contribution is 8.04. The molecule has 1 amide bonds. The highest BCUT2D eigenvalue weighted by atomic mass is 32.2. The summed E-state index contributed by atoms with van der Waals surface area (Å²) in [6.45, 7) is 1.82. The number of carbonyl (C=O) groups excluding carboxylic acids is 1. The predicted octanol–water partition coefficient (Wildman–Crippen LogP) is 4.37. The first kappa shape index (κ1) is 21.6. The summed E-state index contributed by atoms with van der Waals surface area (Å²) in [5.41, 5.74) is 0. The standard InChI is InChI=1S/C20H31FN2OS2/c1-22(2)13-6-14-23(3)20(24)15-25-18-7-4-5-8-19(18)26-17-11-9-16(21)10-12-17/h9-12,18-19H,4-8,13-15H2,1-3H3/t18-,19-/m1/s1. The Hall–Kier alpha value is -0.720. The minimum atomic E-state index is -0.188. The molecular formula is C20H31FN2OS2. The summed E-state index contributed by atoms with van der Waals surface area (Å²) in [6.07, 6.45) is 5.83. The van der Waals surface area contributed by atoms with Crippen molar-refractivity contribution in [2.75, 3.05) is 40.0 Å². The van der Waals surface area contributed by atoms with Gasteiger partial charge in [0, 0.05) is 29.0 Å². The topological polar surface area (TPSA) is 23.6 Å². The lowest BCUT2D eigenvalue weighted by Crippen LogP contribution is -2.33. The molecule has 6 heteroatoms. The third-order valence-corrected chi connectivity index (χ3v) is 7.68. The average Bonchev–Trinajstić information content (AvgIpc) is 2.62. The van der Waals surface area contributed by atoms with E-state index in [1.54, 1.807) is 0 Å². The van der Waals surface area contributed by atoms with Gasteiger partial charge in [0.15, 0.2) is 0 Å². The Morgan fingerprint density at radius 2 is 1.73 bits per heavy atom. The van der Waals surface area contributed by atoms with Gasteiger partial charge in [-0.2, -0.15) is 0 Å². The summed E-state index contributed by atoms with van der Waals surface area (Å²) in [4.78, 5) is 17.5. The molecule has 0 saturated heterocycles. The molecule has 146 valence electrons. The fraction of sp³-hybridized carbons (Fsp3) is 0.650. The quantitative estimate of drug-likeness (QED) is 0.616. The van der Waals surface area contributed by atoms with Gasteiger partial charge in [0.1, 0.15) is 5.82 Å². The number of halogens is 1. The Bertz CT molecular complexity index is 553. The Morgan fingerprint density at radius 1 is 1.08 bits per heavy atom. The molecular weight excluding hydrogens is 367 g/mol. The van der Waals surface area contributed by atoms with Gasteiger partial charge in [0.05, 0.1) is 5.75 Å². The Kier molecular flexibility index (Phi) is 9.29. The molecule has 0 N–H and O–H groups in total. The SMILES string of the molecule is CN(C)CCCN(C)C(=O)CS[C@@H]1CCCC[C@H]1Sc1ccc(F)cc1. The fourth-order valence-electron chi connectivity index (χ4n) is 3.11. The molecule has 1 aromatic carbocycles. The summed E-state index contributed by atoms with van der Waals surface area (Å²) < 4.78 is 13.1. The van der Waals surface area contributed by atoms with Crippen molar-refractivity contribution in [2.45, 2.75) is 47.5 Å². The van der Waals surface area contributed by atoms with Crippen LogP contribution in [0.3, 0.4) is 0 Å². The second kappa shape index (κ2) is 11.2. The van der Waals surface area contributed by atoms with Crippen molar-refractivity contribution in [1.29, 1.82) is 0 Å². The lowest BCUT2D eigenvalue weighted by Gasteiger charge is -2.31. The van der Waals surface area contributed by atoms with E-state index in [1.807, 2.05) is 47.6 Å². The summed E-state index contributed by atoms with van der Waals surface area (Å²) in [7, 11) is 6.02. The number of carbonyl (C=O) groups is 1. The van der Waals surface area contributed by atoms with Gasteiger partial charge in [-0.25, -0.2) is 4.39 Å². The van der Waals surface area contributed by atoms with Crippen molar-refractivity contribution < 1.29 is 9.18 Å². The van der Waals surface area contributed by atoms with E-state index in [0.29, 0.717) is 16.3 Å². The fourth-order valence-corrected chi connectivity index (χ4v) is 5.99. The van der Waals surface area contributed by atoms with E-state index in [9.17, 15) is 9.18 Å². The van der Waals surface area contributed by atoms with Gasteiger partial charge in [-0.15, -0.1) is 23.5 Å². The normalized spacial score (nSPS) is 20.3. The van der Waals surface area contributed by atoms with Crippen LogP contribution >= 0.6 is 23.5 Å². The molecule has 0 bridgehead atoms. The van der Waals surface area contributed by atoms with Gasteiger partial charge in [-0.1, -0.05) is 12.8 Å². The van der Waals surface area contributed by atoms with Crippen LogP contribution in [0.5, 0.6) is 0 Å². The van der Waals surface area contributed by atoms with E-state index in [-0.39, 0.29) is 11.7 Å². The molecule has 0 radical (unpaired) electrons. The molecule has 3 nitrogen and oxygen atoms in total. The van der Waals surface area contributed by atoms with Crippen molar-refractivity contribution in [1.82, 2.24) is 9.80 Å². The summed E-state index contributed by atoms with van der Waals surface area (Å²) in [6, 6.07) is 6.78. The molecule has 2 atom stereocenters. The first-order valence-corrected chi connectivity index (χ1v) is 11.3. The number of nitrogens with zero attached hydrogens (tertiary/aromatic N) is 2. The van der Waals surface area contributed by atoms with Crippen LogP contribution < -0.4 is 0 Å². The molecule has 1 aliphatic carbocycles. The van der Waals surface area contributed by atoms with Crippen LogP contribution in [-0.4, -0.2) is 66.2 Å². The van der Waals surface area contributed by atoms with Crippen molar-refractivity contribution in [3.8, 4) is 0 Å². The monoisotopic (exact) mass is 398 g/mol. The van der Waals surface area contributed by atoms with Gasteiger partial charge >= 0.3 is 0 Å². The van der Waals surface area contributed by atoms with Crippen LogP contribution in [0.25, 0.3) is 0 Å². The van der Waals surface area contributed by atoms with Crippen LogP contribution in [0.2, 0.25) is 0 Å². The molecule has 1 aliphatic rings. The van der Waals surface area contributed by atoms with Crippen molar-refractivity contribution in [3.63, 3.8) is 0 Å². The molecule has 0 aromatic heterocycles. The third-order valence-electron chi connectivity index (χ3n) is 4.69. The third kappa shape index (κ3) is 7.49. The maximum absolute atomic E-state index is 13.1. The van der Waals surface area contributed by atoms with Gasteiger partial charge in [0.2, 0.25) is 5.91 Å². The summed E-state index contributed by atoms with van der Waals surface area (Å²) in [5.74, 6) is 0.598. The second-order valence-corrected chi connectivity index (χ2v) is 9.76. The summed E-state index contributed by atoms with van der Waals surface area (Å²) in [5, 5.41) is 1.00. The average molecular weight is 399 g/mol. The highest BCUT2D eigenvalue weighted by Gasteiger charge is 2.27. The predicted molar refractivity (Wildman–Crippen MR) is 112 cm³/mol. The Morgan fingerprint density at radius 3 is 2.38 bits per heavy atom. The minimum absolute atomic E-state index is 0.188. The smallest absolute Gasteiger partial charge is 0.232 e. The molecule has 1 aromatic rings.